The Labute approximate surface area is 165 Å². The van der Waals surface area contributed by atoms with E-state index in [4.69, 9.17) is 4.98 Å². The molecule has 1 amide bonds. The maximum Gasteiger partial charge on any atom is 0.260 e. The van der Waals surface area contributed by atoms with Gasteiger partial charge in [-0.15, -0.1) is 0 Å². The Morgan fingerprint density at radius 1 is 1.07 bits per heavy atom. The minimum atomic E-state index is 0.0228. The number of benzene rings is 2. The van der Waals surface area contributed by atoms with Gasteiger partial charge in [0, 0.05) is 5.56 Å². The summed E-state index contributed by atoms with van der Waals surface area (Å²) in [7, 11) is 0. The van der Waals surface area contributed by atoms with Crippen molar-refractivity contribution in [2.45, 2.75) is 27.7 Å². The lowest BCUT2D eigenvalue weighted by molar-refractivity contribution is -0.894. The van der Waals surface area contributed by atoms with E-state index in [0.717, 1.165) is 35.0 Å². The number of aromatic nitrogens is 1. The van der Waals surface area contributed by atoms with Gasteiger partial charge < -0.3 is 4.90 Å². The quantitative estimate of drug-likeness (QED) is 0.679. The van der Waals surface area contributed by atoms with Gasteiger partial charge in [0.05, 0.1) is 36.4 Å². The van der Waals surface area contributed by atoms with E-state index in [1.165, 1.54) is 16.0 Å². The summed E-state index contributed by atoms with van der Waals surface area (Å²) in [6.07, 6.45) is 0. The van der Waals surface area contributed by atoms with Gasteiger partial charge in [0.1, 0.15) is 0 Å². The molecule has 27 heavy (non-hydrogen) atoms. The van der Waals surface area contributed by atoms with Gasteiger partial charge >= 0.3 is 0 Å². The Morgan fingerprint density at radius 2 is 1.74 bits per heavy atom. The number of hydrogen-bond acceptors (Lipinski definition) is 3. The van der Waals surface area contributed by atoms with Gasteiger partial charge in [0.2, 0.25) is 0 Å². The van der Waals surface area contributed by atoms with Crippen LogP contribution in [-0.2, 0) is 0 Å². The molecule has 1 aromatic heterocycles. The maximum absolute atomic E-state index is 13.2. The summed E-state index contributed by atoms with van der Waals surface area (Å²) in [6, 6.07) is 13.8. The van der Waals surface area contributed by atoms with E-state index < -0.39 is 0 Å². The highest BCUT2D eigenvalue weighted by molar-refractivity contribution is 7.22. The van der Waals surface area contributed by atoms with Crippen LogP contribution in [0.5, 0.6) is 0 Å². The van der Waals surface area contributed by atoms with Gasteiger partial charge in [-0.1, -0.05) is 29.5 Å². The molecule has 1 N–H and O–H groups in total. The second-order valence-corrected chi connectivity index (χ2v) is 7.94. The van der Waals surface area contributed by atoms with Crippen LogP contribution in [0.1, 0.15) is 35.3 Å². The Kier molecular flexibility index (Phi) is 6.24. The zero-order valence-electron chi connectivity index (χ0n) is 16.6. The molecule has 3 aromatic rings. The number of nitrogens with zero attached hydrogens (tertiary/aromatic N) is 2. The highest BCUT2D eigenvalue weighted by Gasteiger charge is 2.22. The summed E-state index contributed by atoms with van der Waals surface area (Å²) in [6.45, 7) is 12.3. The smallest absolute Gasteiger partial charge is 0.260 e. The van der Waals surface area contributed by atoms with Crippen LogP contribution < -0.4 is 9.80 Å². The number of hydrogen-bond donors (Lipinski definition) is 1. The van der Waals surface area contributed by atoms with E-state index in [1.54, 1.807) is 11.3 Å². The van der Waals surface area contributed by atoms with Crippen LogP contribution >= 0.6 is 11.3 Å². The van der Waals surface area contributed by atoms with Crippen molar-refractivity contribution in [3.8, 4) is 0 Å². The van der Waals surface area contributed by atoms with Crippen LogP contribution in [0.25, 0.3) is 10.2 Å². The summed E-state index contributed by atoms with van der Waals surface area (Å²) < 4.78 is 1.13. The Morgan fingerprint density at radius 3 is 2.41 bits per heavy atom. The lowest BCUT2D eigenvalue weighted by Gasteiger charge is -2.23. The highest BCUT2D eigenvalue weighted by Crippen LogP contribution is 2.31. The molecule has 0 aliphatic carbocycles. The molecule has 0 radical (unpaired) electrons. The first-order valence-electron chi connectivity index (χ1n) is 9.61. The monoisotopic (exact) mass is 382 g/mol. The van der Waals surface area contributed by atoms with Gasteiger partial charge in [0.25, 0.3) is 5.91 Å². The van der Waals surface area contributed by atoms with Crippen molar-refractivity contribution in [2.24, 2.45) is 0 Å². The highest BCUT2D eigenvalue weighted by atomic mass is 32.1. The topological polar surface area (TPSA) is 37.6 Å². The Balaban J connectivity index is 1.97. The molecule has 0 atom stereocenters. The third kappa shape index (κ3) is 4.37. The van der Waals surface area contributed by atoms with Crippen molar-refractivity contribution in [1.82, 2.24) is 4.98 Å². The molecule has 5 heteroatoms. The molecular formula is C22H28N3OS+. The number of carbonyl (C=O) groups is 1. The molecule has 2 aromatic carbocycles. The zero-order chi connectivity index (χ0) is 19.4. The first-order valence-corrected chi connectivity index (χ1v) is 10.4. The molecule has 1 heterocycles. The van der Waals surface area contributed by atoms with Crippen LogP contribution in [-0.4, -0.2) is 37.1 Å². The first kappa shape index (κ1) is 19.5. The minimum Gasteiger partial charge on any atom is -0.334 e. The number of anilines is 1. The second kappa shape index (κ2) is 8.63. The van der Waals surface area contributed by atoms with Crippen LogP contribution in [0.15, 0.2) is 42.5 Å². The van der Waals surface area contributed by atoms with E-state index in [2.05, 4.69) is 39.8 Å². The summed E-state index contributed by atoms with van der Waals surface area (Å²) in [5.74, 6) is 0.0228. The summed E-state index contributed by atoms with van der Waals surface area (Å²) in [5.41, 5.74) is 4.16. The lowest BCUT2D eigenvalue weighted by atomic mass is 10.1. The molecule has 0 aliphatic heterocycles. The number of fused-ring (bicyclic) bond motifs is 1. The number of nitrogens with one attached hydrogen (secondary N) is 1. The summed E-state index contributed by atoms with van der Waals surface area (Å²) in [4.78, 5) is 21.4. The number of likely N-dealkylation sites (N-methyl/N-ethyl adjacent to an activating group) is 1. The van der Waals surface area contributed by atoms with E-state index in [-0.39, 0.29) is 5.91 Å². The van der Waals surface area contributed by atoms with Crippen molar-refractivity contribution < 1.29 is 9.69 Å². The number of amides is 1. The molecule has 0 aliphatic rings. The number of thiazole rings is 1. The summed E-state index contributed by atoms with van der Waals surface area (Å²) in [5, 5.41) is 0.787. The van der Waals surface area contributed by atoms with Gasteiger partial charge in [-0.2, -0.15) is 0 Å². The average molecular weight is 383 g/mol. The molecule has 4 nitrogen and oxygen atoms in total. The Hall–Kier alpha value is -2.24. The average Bonchev–Trinajstić information content (AvgIpc) is 3.08. The normalized spacial score (nSPS) is 11.3. The predicted octanol–water partition coefficient (Wildman–Crippen LogP) is 3.48. The van der Waals surface area contributed by atoms with Crippen LogP contribution in [0.3, 0.4) is 0 Å². The standard InChI is InChI=1S/C22H27N3OS/c1-5-24(6-2)12-13-25(21(26)18-10-8-7-9-11-18)22-23-19-14-16(3)17(4)15-20(19)27-22/h7-11,14-15H,5-6,12-13H2,1-4H3/p+1. The van der Waals surface area contributed by atoms with E-state index >= 15 is 0 Å². The lowest BCUT2D eigenvalue weighted by Crippen LogP contribution is -3.12. The third-order valence-electron chi connectivity index (χ3n) is 5.18. The molecule has 0 unspecified atom stereocenters. The molecule has 0 spiro atoms. The second-order valence-electron chi connectivity index (χ2n) is 6.93. The minimum absolute atomic E-state index is 0.0228. The fourth-order valence-corrected chi connectivity index (χ4v) is 4.25. The Bertz CT molecular complexity index is 877. The molecule has 0 saturated carbocycles. The first-order chi connectivity index (χ1) is 13.0. The molecule has 0 saturated heterocycles. The predicted molar refractivity (Wildman–Crippen MR) is 114 cm³/mol. The van der Waals surface area contributed by atoms with Gasteiger partial charge in [-0.05, 0) is 63.1 Å². The van der Waals surface area contributed by atoms with Crippen molar-refractivity contribution in [3.63, 3.8) is 0 Å². The van der Waals surface area contributed by atoms with Crippen molar-refractivity contribution >= 4 is 32.6 Å². The van der Waals surface area contributed by atoms with E-state index in [0.29, 0.717) is 12.1 Å². The number of carbonyl (C=O) groups excluding carboxylic acids is 1. The van der Waals surface area contributed by atoms with E-state index in [1.807, 2.05) is 35.2 Å². The number of quaternary nitrogens is 1. The van der Waals surface area contributed by atoms with Crippen molar-refractivity contribution in [3.05, 3.63) is 59.2 Å². The molecule has 0 fully saturated rings. The van der Waals surface area contributed by atoms with Crippen LogP contribution in [0.4, 0.5) is 5.13 Å². The summed E-state index contributed by atoms with van der Waals surface area (Å²) >= 11 is 1.60. The van der Waals surface area contributed by atoms with E-state index in [9.17, 15) is 4.79 Å². The fourth-order valence-electron chi connectivity index (χ4n) is 3.18. The van der Waals surface area contributed by atoms with Gasteiger partial charge in [0.15, 0.2) is 5.13 Å². The third-order valence-corrected chi connectivity index (χ3v) is 6.22. The van der Waals surface area contributed by atoms with Crippen molar-refractivity contribution in [1.29, 1.82) is 0 Å². The largest absolute Gasteiger partial charge is 0.334 e. The van der Waals surface area contributed by atoms with Crippen LogP contribution in [0, 0.1) is 13.8 Å². The van der Waals surface area contributed by atoms with Gasteiger partial charge in [-0.25, -0.2) is 4.98 Å². The molecular weight excluding hydrogens is 354 g/mol. The molecule has 3 rings (SSSR count). The number of aryl methyl sites for hydroxylation is 2. The zero-order valence-corrected chi connectivity index (χ0v) is 17.4. The van der Waals surface area contributed by atoms with Crippen LogP contribution in [0.2, 0.25) is 0 Å². The fraction of sp³-hybridized carbons (Fsp3) is 0.364. The maximum atomic E-state index is 13.2. The van der Waals surface area contributed by atoms with Gasteiger partial charge in [-0.3, -0.25) is 9.69 Å². The molecule has 0 bridgehead atoms. The SMILES string of the molecule is CC[NH+](CC)CCN(C(=O)c1ccccc1)c1nc2cc(C)c(C)cc2s1. The van der Waals surface area contributed by atoms with Crippen molar-refractivity contribution in [2.75, 3.05) is 31.1 Å². The molecule has 142 valence electrons. The number of rotatable bonds is 7.